The van der Waals surface area contributed by atoms with Gasteiger partial charge in [-0.2, -0.15) is 0 Å². The summed E-state index contributed by atoms with van der Waals surface area (Å²) < 4.78 is 0. The number of terminal acetylenes is 1. The molecule has 1 aromatic carbocycles. The molecule has 0 heteroatoms. The van der Waals surface area contributed by atoms with Gasteiger partial charge in [0.2, 0.25) is 0 Å². The standard InChI is InChI=1S/C11H12/c1-3-7-10(2)11-8-5-4-6-9-11/h1,4-6,8-10H,7H2,2H3/t10-/m0/s1. The Balaban J connectivity index is 2.70. The van der Waals surface area contributed by atoms with Crippen molar-refractivity contribution in [1.82, 2.24) is 0 Å². The highest BCUT2D eigenvalue weighted by atomic mass is 14.0. The molecular formula is C11H12. The molecule has 56 valence electrons. The van der Waals surface area contributed by atoms with Crippen LogP contribution in [0.5, 0.6) is 0 Å². The van der Waals surface area contributed by atoms with Crippen LogP contribution in [-0.2, 0) is 0 Å². The van der Waals surface area contributed by atoms with Gasteiger partial charge in [0.15, 0.2) is 0 Å². The minimum atomic E-state index is 0.487. The molecule has 0 fully saturated rings. The fraction of sp³-hybridized carbons (Fsp3) is 0.273. The highest BCUT2D eigenvalue weighted by molar-refractivity contribution is 5.19. The summed E-state index contributed by atoms with van der Waals surface area (Å²) in [6, 6.07) is 10.3. The van der Waals surface area contributed by atoms with Crippen LogP contribution < -0.4 is 0 Å². The Morgan fingerprint density at radius 2 is 2.00 bits per heavy atom. The third-order valence-corrected chi connectivity index (χ3v) is 1.79. The molecule has 0 aromatic heterocycles. The zero-order chi connectivity index (χ0) is 8.10. The Morgan fingerprint density at radius 1 is 1.36 bits per heavy atom. The Hall–Kier alpha value is -1.22. The van der Waals surface area contributed by atoms with Gasteiger partial charge in [0.1, 0.15) is 0 Å². The molecule has 0 heterocycles. The summed E-state index contributed by atoms with van der Waals surface area (Å²) in [5.41, 5.74) is 1.32. The van der Waals surface area contributed by atoms with E-state index in [1.165, 1.54) is 5.56 Å². The van der Waals surface area contributed by atoms with E-state index in [-0.39, 0.29) is 0 Å². The molecule has 0 spiro atoms. The van der Waals surface area contributed by atoms with Gasteiger partial charge in [0, 0.05) is 6.42 Å². The van der Waals surface area contributed by atoms with Gasteiger partial charge in [-0.1, -0.05) is 37.3 Å². The first-order valence-electron chi connectivity index (χ1n) is 3.83. The number of hydrogen-bond acceptors (Lipinski definition) is 0. The number of benzene rings is 1. The molecule has 1 atom stereocenters. The predicted molar refractivity (Wildman–Crippen MR) is 48.3 cm³/mol. The van der Waals surface area contributed by atoms with Crippen LogP contribution in [-0.4, -0.2) is 0 Å². The Kier molecular flexibility index (Phi) is 2.74. The topological polar surface area (TPSA) is 0 Å². The summed E-state index contributed by atoms with van der Waals surface area (Å²) in [6.45, 7) is 2.15. The molecule has 11 heavy (non-hydrogen) atoms. The SMILES string of the molecule is C#CC[C@H](C)c1ccccc1. The molecule has 1 aromatic rings. The molecule has 0 amide bonds. The van der Waals surface area contributed by atoms with E-state index in [4.69, 9.17) is 6.42 Å². The Morgan fingerprint density at radius 3 is 2.55 bits per heavy atom. The molecule has 0 unspecified atom stereocenters. The smallest absolute Gasteiger partial charge is 0.0152 e. The number of hydrogen-bond donors (Lipinski definition) is 0. The summed E-state index contributed by atoms with van der Waals surface area (Å²) >= 11 is 0. The highest BCUT2D eigenvalue weighted by Gasteiger charge is 2.00. The molecular weight excluding hydrogens is 132 g/mol. The number of rotatable bonds is 2. The minimum absolute atomic E-state index is 0.487. The van der Waals surface area contributed by atoms with Gasteiger partial charge in [-0.15, -0.1) is 12.3 Å². The first-order chi connectivity index (χ1) is 5.34. The van der Waals surface area contributed by atoms with Gasteiger partial charge >= 0.3 is 0 Å². The fourth-order valence-corrected chi connectivity index (χ4v) is 1.08. The van der Waals surface area contributed by atoms with Gasteiger partial charge in [0.05, 0.1) is 0 Å². The molecule has 0 nitrogen and oxygen atoms in total. The summed E-state index contributed by atoms with van der Waals surface area (Å²) in [7, 11) is 0. The van der Waals surface area contributed by atoms with Gasteiger partial charge in [0.25, 0.3) is 0 Å². The van der Waals surface area contributed by atoms with Crippen molar-refractivity contribution in [3.05, 3.63) is 35.9 Å². The van der Waals surface area contributed by atoms with Gasteiger partial charge in [-0.05, 0) is 11.5 Å². The maximum atomic E-state index is 5.22. The van der Waals surface area contributed by atoms with E-state index in [0.29, 0.717) is 5.92 Å². The second-order valence-corrected chi connectivity index (χ2v) is 2.72. The van der Waals surface area contributed by atoms with Crippen molar-refractivity contribution in [2.75, 3.05) is 0 Å². The monoisotopic (exact) mass is 144 g/mol. The largest absolute Gasteiger partial charge is 0.120 e. The molecule has 0 aliphatic carbocycles. The van der Waals surface area contributed by atoms with Crippen molar-refractivity contribution in [2.45, 2.75) is 19.3 Å². The lowest BCUT2D eigenvalue weighted by molar-refractivity contribution is 0.796. The molecule has 0 N–H and O–H groups in total. The Labute approximate surface area is 68.3 Å². The van der Waals surface area contributed by atoms with Crippen molar-refractivity contribution >= 4 is 0 Å². The third-order valence-electron chi connectivity index (χ3n) is 1.79. The van der Waals surface area contributed by atoms with Crippen molar-refractivity contribution in [3.8, 4) is 12.3 Å². The van der Waals surface area contributed by atoms with Crippen LogP contribution in [0.15, 0.2) is 30.3 Å². The maximum Gasteiger partial charge on any atom is 0.0152 e. The van der Waals surface area contributed by atoms with E-state index < -0.39 is 0 Å². The average molecular weight is 144 g/mol. The van der Waals surface area contributed by atoms with Crippen molar-refractivity contribution < 1.29 is 0 Å². The van der Waals surface area contributed by atoms with Crippen LogP contribution in [0.25, 0.3) is 0 Å². The first kappa shape index (κ1) is 7.88. The molecule has 0 radical (unpaired) electrons. The quantitative estimate of drug-likeness (QED) is 0.560. The first-order valence-corrected chi connectivity index (χ1v) is 3.83. The lowest BCUT2D eigenvalue weighted by Gasteiger charge is -2.06. The van der Waals surface area contributed by atoms with Gasteiger partial charge < -0.3 is 0 Å². The van der Waals surface area contributed by atoms with Crippen LogP contribution in [0.4, 0.5) is 0 Å². The van der Waals surface area contributed by atoms with E-state index in [2.05, 4.69) is 25.0 Å². The second-order valence-electron chi connectivity index (χ2n) is 2.72. The molecule has 0 aliphatic rings. The van der Waals surface area contributed by atoms with Crippen LogP contribution >= 0.6 is 0 Å². The molecule has 0 saturated heterocycles. The fourth-order valence-electron chi connectivity index (χ4n) is 1.08. The van der Waals surface area contributed by atoms with Crippen molar-refractivity contribution in [3.63, 3.8) is 0 Å². The Bertz CT molecular complexity index is 240. The molecule has 0 bridgehead atoms. The van der Waals surface area contributed by atoms with Crippen LogP contribution in [0.1, 0.15) is 24.8 Å². The van der Waals surface area contributed by atoms with E-state index in [1.807, 2.05) is 18.2 Å². The lowest BCUT2D eigenvalue weighted by Crippen LogP contribution is -1.90. The molecule has 0 aliphatic heterocycles. The van der Waals surface area contributed by atoms with Gasteiger partial charge in [-0.3, -0.25) is 0 Å². The normalized spacial score (nSPS) is 12.0. The van der Waals surface area contributed by atoms with Crippen LogP contribution in [0, 0.1) is 12.3 Å². The van der Waals surface area contributed by atoms with E-state index in [1.54, 1.807) is 0 Å². The zero-order valence-corrected chi connectivity index (χ0v) is 6.75. The zero-order valence-electron chi connectivity index (χ0n) is 6.75. The van der Waals surface area contributed by atoms with E-state index in [0.717, 1.165) is 6.42 Å². The summed E-state index contributed by atoms with van der Waals surface area (Å²) in [5, 5.41) is 0. The molecule has 1 rings (SSSR count). The van der Waals surface area contributed by atoms with E-state index in [9.17, 15) is 0 Å². The summed E-state index contributed by atoms with van der Waals surface area (Å²) in [4.78, 5) is 0. The maximum absolute atomic E-state index is 5.22. The predicted octanol–water partition coefficient (Wildman–Crippen LogP) is 2.81. The lowest BCUT2D eigenvalue weighted by atomic mass is 9.99. The van der Waals surface area contributed by atoms with Crippen molar-refractivity contribution in [2.24, 2.45) is 0 Å². The third kappa shape index (κ3) is 2.13. The molecule has 0 saturated carbocycles. The van der Waals surface area contributed by atoms with Gasteiger partial charge in [-0.25, -0.2) is 0 Å². The van der Waals surface area contributed by atoms with Crippen molar-refractivity contribution in [1.29, 1.82) is 0 Å². The summed E-state index contributed by atoms with van der Waals surface area (Å²) in [5.74, 6) is 3.15. The average Bonchev–Trinajstić information content (AvgIpc) is 2.07. The van der Waals surface area contributed by atoms with E-state index >= 15 is 0 Å². The van der Waals surface area contributed by atoms with Crippen LogP contribution in [0.3, 0.4) is 0 Å². The highest BCUT2D eigenvalue weighted by Crippen LogP contribution is 2.16. The minimum Gasteiger partial charge on any atom is -0.120 e. The summed E-state index contributed by atoms with van der Waals surface area (Å²) in [6.07, 6.45) is 6.04. The van der Waals surface area contributed by atoms with Crippen LogP contribution in [0.2, 0.25) is 0 Å². The second kappa shape index (κ2) is 3.83.